The van der Waals surface area contributed by atoms with Crippen LogP contribution < -0.4 is 11.1 Å². The molecule has 92 valence electrons. The third-order valence-electron chi connectivity index (χ3n) is 3.94. The Morgan fingerprint density at radius 2 is 2.00 bits per heavy atom. The topological polar surface area (TPSA) is 75.4 Å². The summed E-state index contributed by atoms with van der Waals surface area (Å²) in [5.74, 6) is 0.00755. The van der Waals surface area contributed by atoms with E-state index in [-0.39, 0.29) is 23.6 Å². The molecule has 1 amide bonds. The molecule has 4 heteroatoms. The van der Waals surface area contributed by atoms with Crippen molar-refractivity contribution in [2.45, 2.75) is 69.1 Å². The number of carbonyl (C=O) groups excluding carboxylic acids is 1. The van der Waals surface area contributed by atoms with Crippen LogP contribution in [0.25, 0.3) is 0 Å². The Labute approximate surface area is 96.6 Å². The van der Waals surface area contributed by atoms with Gasteiger partial charge in [-0.2, -0.15) is 0 Å². The van der Waals surface area contributed by atoms with E-state index in [1.54, 1.807) is 0 Å². The number of carbonyl (C=O) groups is 1. The monoisotopic (exact) mass is 226 g/mol. The molecule has 2 aliphatic rings. The highest BCUT2D eigenvalue weighted by Gasteiger charge is 2.35. The van der Waals surface area contributed by atoms with Gasteiger partial charge in [-0.15, -0.1) is 0 Å². The zero-order valence-electron chi connectivity index (χ0n) is 9.74. The predicted molar refractivity (Wildman–Crippen MR) is 61.8 cm³/mol. The summed E-state index contributed by atoms with van der Waals surface area (Å²) in [6.45, 7) is 0. The van der Waals surface area contributed by atoms with Crippen molar-refractivity contribution in [1.29, 1.82) is 0 Å². The molecule has 0 aromatic rings. The molecule has 0 saturated heterocycles. The van der Waals surface area contributed by atoms with E-state index in [0.29, 0.717) is 6.42 Å². The van der Waals surface area contributed by atoms with E-state index in [2.05, 4.69) is 5.32 Å². The van der Waals surface area contributed by atoms with Crippen LogP contribution in [-0.2, 0) is 4.79 Å². The average Bonchev–Trinajstić information content (AvgIpc) is 2.19. The number of nitrogens with two attached hydrogens (primary N) is 1. The van der Waals surface area contributed by atoms with Gasteiger partial charge in [0, 0.05) is 12.0 Å². The lowest BCUT2D eigenvalue weighted by molar-refractivity contribution is -0.125. The Hall–Kier alpha value is -0.610. The summed E-state index contributed by atoms with van der Waals surface area (Å²) >= 11 is 0. The van der Waals surface area contributed by atoms with Crippen LogP contribution in [0.2, 0.25) is 0 Å². The lowest BCUT2D eigenvalue weighted by atomic mass is 9.75. The van der Waals surface area contributed by atoms with Crippen molar-refractivity contribution in [3.8, 4) is 0 Å². The fourth-order valence-electron chi connectivity index (χ4n) is 2.66. The average molecular weight is 226 g/mol. The quantitative estimate of drug-likeness (QED) is 0.662. The van der Waals surface area contributed by atoms with Gasteiger partial charge in [0.05, 0.1) is 12.1 Å². The third-order valence-corrected chi connectivity index (χ3v) is 3.94. The molecule has 0 radical (unpaired) electrons. The molecule has 0 bridgehead atoms. The minimum atomic E-state index is -0.368. The van der Waals surface area contributed by atoms with Crippen molar-refractivity contribution in [2.75, 3.05) is 0 Å². The highest BCUT2D eigenvalue weighted by molar-refractivity contribution is 5.77. The summed E-state index contributed by atoms with van der Waals surface area (Å²) in [6.07, 6.45) is 6.94. The van der Waals surface area contributed by atoms with Crippen LogP contribution >= 0.6 is 0 Å². The molecule has 2 aliphatic carbocycles. The van der Waals surface area contributed by atoms with Gasteiger partial charge in [-0.25, -0.2) is 0 Å². The predicted octanol–water partition coefficient (Wildman–Crippen LogP) is 0.678. The molecule has 2 rings (SSSR count). The molecule has 2 fully saturated rings. The number of aliphatic hydroxyl groups is 1. The molecule has 4 N–H and O–H groups in total. The zero-order valence-corrected chi connectivity index (χ0v) is 9.74. The summed E-state index contributed by atoms with van der Waals surface area (Å²) < 4.78 is 0. The fraction of sp³-hybridized carbons (Fsp3) is 0.917. The number of rotatable bonds is 3. The van der Waals surface area contributed by atoms with Crippen LogP contribution in [0.4, 0.5) is 0 Å². The molecular formula is C12H22N2O2. The van der Waals surface area contributed by atoms with Gasteiger partial charge in [0.2, 0.25) is 5.91 Å². The van der Waals surface area contributed by atoms with Gasteiger partial charge in [-0.05, 0) is 32.1 Å². The SMILES string of the molecule is NC1(CC(=O)NC2CCCCC2O)CCC1. The van der Waals surface area contributed by atoms with Gasteiger partial charge >= 0.3 is 0 Å². The Morgan fingerprint density at radius 1 is 1.31 bits per heavy atom. The molecule has 0 aliphatic heterocycles. The van der Waals surface area contributed by atoms with E-state index in [4.69, 9.17) is 5.73 Å². The van der Waals surface area contributed by atoms with E-state index in [1.165, 1.54) is 0 Å². The Morgan fingerprint density at radius 3 is 2.56 bits per heavy atom. The molecule has 16 heavy (non-hydrogen) atoms. The molecule has 0 spiro atoms. The van der Waals surface area contributed by atoms with Crippen molar-refractivity contribution in [3.63, 3.8) is 0 Å². The van der Waals surface area contributed by atoms with Crippen LogP contribution in [0, 0.1) is 0 Å². The Balaban J connectivity index is 1.77. The fourth-order valence-corrected chi connectivity index (χ4v) is 2.66. The van der Waals surface area contributed by atoms with Crippen LogP contribution in [0.3, 0.4) is 0 Å². The van der Waals surface area contributed by atoms with E-state index in [9.17, 15) is 9.90 Å². The molecule has 2 unspecified atom stereocenters. The molecule has 4 nitrogen and oxygen atoms in total. The largest absolute Gasteiger partial charge is 0.391 e. The van der Waals surface area contributed by atoms with E-state index in [0.717, 1.165) is 44.9 Å². The number of hydrogen-bond donors (Lipinski definition) is 3. The normalized spacial score (nSPS) is 32.9. The van der Waals surface area contributed by atoms with E-state index in [1.807, 2.05) is 0 Å². The molecule has 0 heterocycles. The van der Waals surface area contributed by atoms with Gasteiger partial charge in [-0.1, -0.05) is 12.8 Å². The van der Waals surface area contributed by atoms with Crippen molar-refractivity contribution >= 4 is 5.91 Å². The van der Waals surface area contributed by atoms with Crippen molar-refractivity contribution < 1.29 is 9.90 Å². The van der Waals surface area contributed by atoms with E-state index < -0.39 is 0 Å². The number of nitrogens with one attached hydrogen (secondary N) is 1. The summed E-state index contributed by atoms with van der Waals surface area (Å²) in [6, 6.07) is -0.0510. The van der Waals surface area contributed by atoms with Crippen LogP contribution in [-0.4, -0.2) is 28.7 Å². The second kappa shape index (κ2) is 4.72. The lowest BCUT2D eigenvalue weighted by Crippen LogP contribution is -2.52. The lowest BCUT2D eigenvalue weighted by Gasteiger charge is -2.38. The summed E-state index contributed by atoms with van der Waals surface area (Å²) in [4.78, 5) is 11.8. The smallest absolute Gasteiger partial charge is 0.222 e. The zero-order chi connectivity index (χ0) is 11.6. The summed E-state index contributed by atoms with van der Waals surface area (Å²) in [5.41, 5.74) is 5.76. The second-order valence-electron chi connectivity index (χ2n) is 5.42. The summed E-state index contributed by atoms with van der Waals surface area (Å²) in [7, 11) is 0. The second-order valence-corrected chi connectivity index (χ2v) is 5.42. The van der Waals surface area contributed by atoms with Gasteiger partial charge < -0.3 is 16.2 Å². The molecular weight excluding hydrogens is 204 g/mol. The first-order valence-corrected chi connectivity index (χ1v) is 6.35. The van der Waals surface area contributed by atoms with Crippen LogP contribution in [0.5, 0.6) is 0 Å². The van der Waals surface area contributed by atoms with Crippen LogP contribution in [0.1, 0.15) is 51.4 Å². The van der Waals surface area contributed by atoms with Gasteiger partial charge in [0.25, 0.3) is 0 Å². The Bertz CT molecular complexity index is 264. The molecule has 0 aromatic heterocycles. The highest BCUT2D eigenvalue weighted by atomic mass is 16.3. The first-order chi connectivity index (χ1) is 7.59. The van der Waals surface area contributed by atoms with Crippen molar-refractivity contribution in [2.24, 2.45) is 5.73 Å². The van der Waals surface area contributed by atoms with Crippen LogP contribution in [0.15, 0.2) is 0 Å². The minimum absolute atomic E-state index is 0.00755. The number of aliphatic hydroxyl groups excluding tert-OH is 1. The highest BCUT2D eigenvalue weighted by Crippen LogP contribution is 2.32. The number of hydrogen-bond acceptors (Lipinski definition) is 3. The maximum absolute atomic E-state index is 11.8. The summed E-state index contributed by atoms with van der Waals surface area (Å²) in [5, 5.41) is 12.7. The van der Waals surface area contributed by atoms with Crippen molar-refractivity contribution in [1.82, 2.24) is 5.32 Å². The third kappa shape index (κ3) is 2.74. The number of amides is 1. The first-order valence-electron chi connectivity index (χ1n) is 6.35. The van der Waals surface area contributed by atoms with Gasteiger partial charge in [0.15, 0.2) is 0 Å². The van der Waals surface area contributed by atoms with Crippen molar-refractivity contribution in [3.05, 3.63) is 0 Å². The maximum Gasteiger partial charge on any atom is 0.222 e. The standard InChI is InChI=1S/C12H22N2O2/c13-12(6-3-7-12)8-11(16)14-9-4-1-2-5-10(9)15/h9-10,15H,1-8,13H2,(H,14,16). The first kappa shape index (κ1) is 11.9. The van der Waals surface area contributed by atoms with Gasteiger partial charge in [-0.3, -0.25) is 4.79 Å². The molecule has 0 aromatic carbocycles. The Kier molecular flexibility index (Phi) is 3.50. The minimum Gasteiger partial charge on any atom is -0.391 e. The molecule has 2 saturated carbocycles. The molecule has 2 atom stereocenters. The van der Waals surface area contributed by atoms with E-state index >= 15 is 0 Å². The van der Waals surface area contributed by atoms with Gasteiger partial charge in [0.1, 0.15) is 0 Å². The maximum atomic E-state index is 11.8.